The van der Waals surface area contributed by atoms with Gasteiger partial charge in [-0.15, -0.1) is 5.10 Å². The number of fused-ring (bicyclic) bond motifs is 1. The van der Waals surface area contributed by atoms with Crippen molar-refractivity contribution in [2.24, 2.45) is 0 Å². The molecule has 9 nitrogen and oxygen atoms in total. The van der Waals surface area contributed by atoms with Gasteiger partial charge in [0.05, 0.1) is 18.2 Å². The van der Waals surface area contributed by atoms with E-state index in [4.69, 9.17) is 4.74 Å². The maximum atomic E-state index is 13.6. The fourth-order valence-corrected chi connectivity index (χ4v) is 5.83. The first-order valence-electron chi connectivity index (χ1n) is 13.6. The Morgan fingerprint density at radius 2 is 1.84 bits per heavy atom. The van der Waals surface area contributed by atoms with Crippen LogP contribution in [0.3, 0.4) is 0 Å². The van der Waals surface area contributed by atoms with Crippen LogP contribution in [0.5, 0.6) is 0 Å². The van der Waals surface area contributed by atoms with Gasteiger partial charge in [0.2, 0.25) is 0 Å². The van der Waals surface area contributed by atoms with Crippen molar-refractivity contribution in [3.8, 4) is 0 Å². The molecule has 0 aliphatic carbocycles. The van der Waals surface area contributed by atoms with Crippen LogP contribution in [0.15, 0.2) is 53.3 Å². The first-order valence-corrected chi connectivity index (χ1v) is 13.6. The van der Waals surface area contributed by atoms with Crippen molar-refractivity contribution in [1.29, 1.82) is 0 Å². The van der Waals surface area contributed by atoms with Crippen LogP contribution in [-0.4, -0.2) is 73.9 Å². The highest BCUT2D eigenvalue weighted by Gasteiger charge is 2.33. The maximum Gasteiger partial charge on any atom is 0.253 e. The van der Waals surface area contributed by atoms with Crippen molar-refractivity contribution in [2.45, 2.75) is 51.9 Å². The van der Waals surface area contributed by atoms with Gasteiger partial charge in [0.15, 0.2) is 5.82 Å². The summed E-state index contributed by atoms with van der Waals surface area (Å²) in [5.74, 6) is 0.701. The fourth-order valence-electron chi connectivity index (χ4n) is 5.83. The molecule has 0 bridgehead atoms. The second kappa shape index (κ2) is 10.8. The normalized spacial score (nSPS) is 19.8. The number of aromatic amines is 1. The van der Waals surface area contributed by atoms with Crippen LogP contribution in [0.25, 0.3) is 10.9 Å². The molecule has 1 N–H and O–H groups in total. The zero-order valence-corrected chi connectivity index (χ0v) is 22.1. The lowest BCUT2D eigenvalue weighted by Gasteiger charge is -2.38. The molecule has 4 aromatic rings. The number of rotatable bonds is 7. The van der Waals surface area contributed by atoms with Crippen molar-refractivity contribution in [3.63, 3.8) is 0 Å². The molecule has 198 valence electrons. The average Bonchev–Trinajstić information content (AvgIpc) is 3.62. The molecule has 2 aliphatic heterocycles. The number of ether oxygens (including phenoxy) is 1. The molecular formula is C29H35N7O2. The van der Waals surface area contributed by atoms with Crippen LogP contribution < -0.4 is 5.56 Å². The van der Waals surface area contributed by atoms with Gasteiger partial charge in [-0.2, -0.15) is 0 Å². The molecular weight excluding hydrogens is 478 g/mol. The highest BCUT2D eigenvalue weighted by molar-refractivity contribution is 5.85. The molecule has 0 spiro atoms. The molecule has 2 aliphatic rings. The van der Waals surface area contributed by atoms with Crippen LogP contribution in [0.1, 0.15) is 47.0 Å². The smallest absolute Gasteiger partial charge is 0.253 e. The van der Waals surface area contributed by atoms with Crippen LogP contribution in [0.2, 0.25) is 0 Å². The summed E-state index contributed by atoms with van der Waals surface area (Å²) in [4.78, 5) is 21.7. The summed E-state index contributed by atoms with van der Waals surface area (Å²) in [5.41, 5.74) is 5.00. The topological polar surface area (TPSA) is 92.2 Å². The Hall–Kier alpha value is -3.40. The van der Waals surface area contributed by atoms with Gasteiger partial charge >= 0.3 is 0 Å². The predicted octanol–water partition coefficient (Wildman–Crippen LogP) is 3.22. The minimum atomic E-state index is -0.349. The maximum absolute atomic E-state index is 13.6. The van der Waals surface area contributed by atoms with Crippen LogP contribution in [0.4, 0.5) is 0 Å². The number of aromatic nitrogens is 5. The number of nitrogens with one attached hydrogen (secondary N) is 1. The minimum absolute atomic E-state index is 0.0884. The number of hydrogen-bond acceptors (Lipinski definition) is 7. The Kier molecular flexibility index (Phi) is 7.06. The number of piperazine rings is 1. The predicted molar refractivity (Wildman–Crippen MR) is 146 cm³/mol. The van der Waals surface area contributed by atoms with E-state index in [2.05, 4.69) is 85.8 Å². The van der Waals surface area contributed by atoms with E-state index in [1.807, 2.05) is 11.6 Å². The van der Waals surface area contributed by atoms with Crippen molar-refractivity contribution >= 4 is 10.9 Å². The Balaban J connectivity index is 1.35. The van der Waals surface area contributed by atoms with E-state index in [0.717, 1.165) is 74.2 Å². The second-order valence-corrected chi connectivity index (χ2v) is 10.6. The van der Waals surface area contributed by atoms with E-state index in [1.165, 1.54) is 5.56 Å². The van der Waals surface area contributed by atoms with Gasteiger partial charge in [0.1, 0.15) is 6.04 Å². The number of aryl methyl sites for hydroxylation is 2. The summed E-state index contributed by atoms with van der Waals surface area (Å²) in [6.45, 7) is 9.85. The Bertz CT molecular complexity index is 1450. The van der Waals surface area contributed by atoms with Crippen LogP contribution >= 0.6 is 0 Å². The number of nitrogens with zero attached hydrogens (tertiary/aromatic N) is 6. The van der Waals surface area contributed by atoms with E-state index < -0.39 is 0 Å². The molecule has 4 heterocycles. The second-order valence-electron chi connectivity index (χ2n) is 10.6. The first-order chi connectivity index (χ1) is 18.6. The van der Waals surface area contributed by atoms with E-state index >= 15 is 0 Å². The minimum Gasteiger partial charge on any atom is -0.376 e. The van der Waals surface area contributed by atoms with Crippen molar-refractivity contribution in [1.82, 2.24) is 35.0 Å². The van der Waals surface area contributed by atoms with Gasteiger partial charge in [0, 0.05) is 50.3 Å². The average molecular weight is 514 g/mol. The van der Waals surface area contributed by atoms with E-state index in [9.17, 15) is 4.79 Å². The Labute approximate surface area is 222 Å². The van der Waals surface area contributed by atoms with Crippen LogP contribution in [-0.2, 0) is 17.8 Å². The third kappa shape index (κ3) is 5.01. The van der Waals surface area contributed by atoms with E-state index in [1.54, 1.807) is 0 Å². The fraction of sp³-hybridized carbons (Fsp3) is 0.448. The van der Waals surface area contributed by atoms with Crippen LogP contribution in [0, 0.1) is 13.8 Å². The van der Waals surface area contributed by atoms with Crippen molar-refractivity contribution in [2.75, 3.05) is 32.8 Å². The van der Waals surface area contributed by atoms with Crippen molar-refractivity contribution < 1.29 is 4.74 Å². The third-order valence-electron chi connectivity index (χ3n) is 7.99. The van der Waals surface area contributed by atoms with E-state index in [-0.39, 0.29) is 17.7 Å². The third-order valence-corrected chi connectivity index (χ3v) is 7.99. The SMILES string of the molecule is Cc1ccc(C)c2[nH]c(=O)c([C@H](c3nnnn3C[C@@H]3CCCO3)N3CCN(Cc4ccccc4)CC3)cc12. The lowest BCUT2D eigenvalue weighted by atomic mass is 9.99. The van der Waals surface area contributed by atoms with Gasteiger partial charge in [-0.25, -0.2) is 4.68 Å². The number of pyridine rings is 1. The Morgan fingerprint density at radius 3 is 2.61 bits per heavy atom. The number of benzene rings is 2. The molecule has 2 aromatic carbocycles. The molecule has 0 saturated carbocycles. The molecule has 2 atom stereocenters. The quantitative estimate of drug-likeness (QED) is 0.406. The Morgan fingerprint density at radius 1 is 1.05 bits per heavy atom. The first kappa shape index (κ1) is 24.9. The summed E-state index contributed by atoms with van der Waals surface area (Å²) in [7, 11) is 0. The zero-order valence-electron chi connectivity index (χ0n) is 22.1. The molecule has 2 fully saturated rings. The van der Waals surface area contributed by atoms with E-state index in [0.29, 0.717) is 17.9 Å². The largest absolute Gasteiger partial charge is 0.376 e. The monoisotopic (exact) mass is 513 g/mol. The lowest BCUT2D eigenvalue weighted by Crippen LogP contribution is -2.48. The highest BCUT2D eigenvalue weighted by atomic mass is 16.5. The molecule has 6 rings (SSSR count). The molecule has 0 unspecified atom stereocenters. The number of hydrogen-bond donors (Lipinski definition) is 1. The molecule has 2 aromatic heterocycles. The van der Waals surface area contributed by atoms with Gasteiger partial charge in [-0.05, 0) is 59.9 Å². The molecule has 9 heteroatoms. The zero-order chi connectivity index (χ0) is 26.1. The lowest BCUT2D eigenvalue weighted by molar-refractivity contribution is 0.0840. The van der Waals surface area contributed by atoms with Gasteiger partial charge in [0.25, 0.3) is 5.56 Å². The molecule has 38 heavy (non-hydrogen) atoms. The molecule has 0 amide bonds. The molecule has 2 saturated heterocycles. The van der Waals surface area contributed by atoms with Gasteiger partial charge in [-0.1, -0.05) is 42.5 Å². The summed E-state index contributed by atoms with van der Waals surface area (Å²) in [6.07, 6.45) is 2.15. The van der Waals surface area contributed by atoms with Crippen molar-refractivity contribution in [3.05, 3.63) is 87.0 Å². The van der Waals surface area contributed by atoms with Gasteiger partial charge in [-0.3, -0.25) is 14.6 Å². The highest BCUT2D eigenvalue weighted by Crippen LogP contribution is 2.30. The number of tetrazole rings is 1. The summed E-state index contributed by atoms with van der Waals surface area (Å²) >= 11 is 0. The van der Waals surface area contributed by atoms with Gasteiger partial charge < -0.3 is 9.72 Å². The number of H-pyrrole nitrogens is 1. The summed E-state index contributed by atoms with van der Waals surface area (Å²) in [5, 5.41) is 14.0. The standard InChI is InChI=1S/C29H35N7O2/c1-20-10-11-21(2)26-24(20)17-25(29(37)30-26)27(28-31-32-33-36(28)19-23-9-6-16-38-23)35-14-12-34(13-15-35)18-22-7-4-3-5-8-22/h3-5,7-8,10-11,17,23,27H,6,9,12-16,18-19H2,1-2H3,(H,30,37)/t23-,27+/m0/s1. The summed E-state index contributed by atoms with van der Waals surface area (Å²) in [6, 6.07) is 16.5. The molecule has 0 radical (unpaired) electrons. The summed E-state index contributed by atoms with van der Waals surface area (Å²) < 4.78 is 7.74.